The van der Waals surface area contributed by atoms with Gasteiger partial charge in [0.25, 0.3) is 0 Å². The molecule has 0 saturated heterocycles. The summed E-state index contributed by atoms with van der Waals surface area (Å²) in [5.74, 6) is 0.777. The van der Waals surface area contributed by atoms with Crippen molar-refractivity contribution in [2.75, 3.05) is 6.61 Å². The van der Waals surface area contributed by atoms with Gasteiger partial charge in [-0.1, -0.05) is 29.2 Å². The van der Waals surface area contributed by atoms with Crippen molar-refractivity contribution in [1.82, 2.24) is 4.89 Å². The van der Waals surface area contributed by atoms with Crippen LogP contribution >= 0.6 is 0 Å². The lowest BCUT2D eigenvalue weighted by Crippen LogP contribution is -2.26. The van der Waals surface area contributed by atoms with Gasteiger partial charge in [-0.3, -0.25) is 4.84 Å². The highest BCUT2D eigenvalue weighted by Gasteiger charge is 2.12. The van der Waals surface area contributed by atoms with Crippen LogP contribution < -0.4 is 4.89 Å². The molecule has 0 radical (unpaired) electrons. The Bertz CT molecular complexity index is 650. The number of aryl methyl sites for hydroxylation is 2. The lowest BCUT2D eigenvalue weighted by atomic mass is 10.1. The minimum Gasteiger partial charge on any atom is -0.469 e. The second kappa shape index (κ2) is 7.40. The van der Waals surface area contributed by atoms with Gasteiger partial charge in [-0.15, -0.1) is 0 Å². The Balaban J connectivity index is 1.73. The first-order valence-corrected chi connectivity index (χ1v) is 8.40. The van der Waals surface area contributed by atoms with Gasteiger partial charge in [0.2, 0.25) is 10.0 Å². The van der Waals surface area contributed by atoms with Gasteiger partial charge in [-0.25, -0.2) is 8.42 Å². The van der Waals surface area contributed by atoms with Crippen LogP contribution in [-0.2, 0) is 27.0 Å². The molecule has 0 saturated carbocycles. The number of nitrogens with one attached hydrogen (secondary N) is 1. The maximum atomic E-state index is 11.9. The third kappa shape index (κ3) is 5.34. The quantitative estimate of drug-likeness (QED) is 0.601. The summed E-state index contributed by atoms with van der Waals surface area (Å²) in [5.41, 5.74) is 1.71. The van der Waals surface area contributed by atoms with Gasteiger partial charge in [0.05, 0.1) is 18.6 Å². The molecule has 1 N–H and O–H groups in total. The van der Waals surface area contributed by atoms with Gasteiger partial charge >= 0.3 is 0 Å². The number of benzene rings is 1. The van der Waals surface area contributed by atoms with Crippen LogP contribution in [0.2, 0.25) is 0 Å². The first kappa shape index (κ1) is 15.8. The number of furan rings is 1. The van der Waals surface area contributed by atoms with Crippen molar-refractivity contribution in [1.29, 1.82) is 0 Å². The number of sulfonamides is 1. The van der Waals surface area contributed by atoms with Crippen molar-refractivity contribution in [3.63, 3.8) is 0 Å². The Labute approximate surface area is 124 Å². The summed E-state index contributed by atoms with van der Waals surface area (Å²) in [6.45, 7) is 2.18. The predicted molar refractivity (Wildman–Crippen MR) is 79.9 cm³/mol. The SMILES string of the molecule is Cc1ccccc1CS(=O)(=O)NOCCCc1ccco1. The van der Waals surface area contributed by atoms with E-state index in [-0.39, 0.29) is 5.75 Å². The summed E-state index contributed by atoms with van der Waals surface area (Å²) in [7, 11) is -3.49. The average Bonchev–Trinajstić information content (AvgIpc) is 2.94. The number of hydrogen-bond acceptors (Lipinski definition) is 4. The second-order valence-corrected chi connectivity index (χ2v) is 6.49. The third-order valence-electron chi connectivity index (χ3n) is 3.04. The van der Waals surface area contributed by atoms with Gasteiger partial charge in [-0.2, -0.15) is 0 Å². The van der Waals surface area contributed by atoms with Crippen LogP contribution in [0.15, 0.2) is 47.1 Å². The standard InChI is InChI=1S/C15H19NO4S/c1-13-6-2-3-7-14(13)12-21(17,18)16-20-11-5-9-15-8-4-10-19-15/h2-4,6-8,10,16H,5,9,11-12H2,1H3. The van der Waals surface area contributed by atoms with Crippen molar-refractivity contribution in [2.45, 2.75) is 25.5 Å². The molecule has 0 amide bonds. The van der Waals surface area contributed by atoms with Crippen LogP contribution in [0, 0.1) is 6.92 Å². The molecule has 0 fully saturated rings. The van der Waals surface area contributed by atoms with Crippen LogP contribution in [0.4, 0.5) is 0 Å². The summed E-state index contributed by atoms with van der Waals surface area (Å²) >= 11 is 0. The zero-order valence-electron chi connectivity index (χ0n) is 11.9. The van der Waals surface area contributed by atoms with E-state index < -0.39 is 10.0 Å². The van der Waals surface area contributed by atoms with Gasteiger partial charge in [0, 0.05) is 6.42 Å². The first-order chi connectivity index (χ1) is 10.1. The van der Waals surface area contributed by atoms with Gasteiger partial charge in [0.15, 0.2) is 0 Å². The maximum absolute atomic E-state index is 11.9. The van der Waals surface area contributed by atoms with Gasteiger partial charge < -0.3 is 4.42 Å². The fraction of sp³-hybridized carbons (Fsp3) is 0.333. The molecule has 0 spiro atoms. The molecular formula is C15H19NO4S. The highest BCUT2D eigenvalue weighted by molar-refractivity contribution is 7.88. The van der Waals surface area contributed by atoms with Crippen molar-refractivity contribution < 1.29 is 17.7 Å². The molecule has 0 unspecified atom stereocenters. The molecule has 114 valence electrons. The molecule has 1 aromatic carbocycles. The Hall–Kier alpha value is -1.63. The Morgan fingerprint density at radius 2 is 2.00 bits per heavy atom. The summed E-state index contributed by atoms with van der Waals surface area (Å²) < 4.78 is 29.0. The molecule has 21 heavy (non-hydrogen) atoms. The largest absolute Gasteiger partial charge is 0.469 e. The van der Waals surface area contributed by atoms with Crippen molar-refractivity contribution in [2.24, 2.45) is 0 Å². The van der Waals surface area contributed by atoms with E-state index >= 15 is 0 Å². The molecule has 6 heteroatoms. The third-order valence-corrected chi connectivity index (χ3v) is 4.11. The molecule has 1 heterocycles. The molecule has 0 aliphatic carbocycles. The summed E-state index contributed by atoms with van der Waals surface area (Å²) in [6.07, 6.45) is 3.01. The summed E-state index contributed by atoms with van der Waals surface area (Å²) in [4.78, 5) is 7.19. The topological polar surface area (TPSA) is 68.5 Å². The van der Waals surface area contributed by atoms with Crippen LogP contribution in [0.25, 0.3) is 0 Å². The molecule has 5 nitrogen and oxygen atoms in total. The van der Waals surface area contributed by atoms with Gasteiger partial charge in [0.1, 0.15) is 5.76 Å². The van der Waals surface area contributed by atoms with Crippen LogP contribution in [-0.4, -0.2) is 15.0 Å². The van der Waals surface area contributed by atoms with E-state index in [0.29, 0.717) is 19.4 Å². The normalized spacial score (nSPS) is 11.7. The number of rotatable bonds is 8. The Morgan fingerprint density at radius 3 is 2.71 bits per heavy atom. The highest BCUT2D eigenvalue weighted by Crippen LogP contribution is 2.10. The van der Waals surface area contributed by atoms with Crippen molar-refractivity contribution in [3.8, 4) is 0 Å². The number of hydrogen-bond donors (Lipinski definition) is 1. The van der Waals surface area contributed by atoms with Crippen LogP contribution in [0.3, 0.4) is 0 Å². The zero-order valence-corrected chi connectivity index (χ0v) is 12.7. The fourth-order valence-corrected chi connectivity index (χ4v) is 2.97. The smallest absolute Gasteiger partial charge is 0.237 e. The molecule has 0 atom stereocenters. The van der Waals surface area contributed by atoms with Crippen molar-refractivity contribution in [3.05, 3.63) is 59.5 Å². The predicted octanol–water partition coefficient (Wildman–Crippen LogP) is 2.57. The summed E-state index contributed by atoms with van der Waals surface area (Å²) in [6, 6.07) is 11.1. The monoisotopic (exact) mass is 309 g/mol. The van der Waals surface area contributed by atoms with Crippen LogP contribution in [0.5, 0.6) is 0 Å². The zero-order chi connectivity index (χ0) is 15.1. The molecule has 0 aliphatic heterocycles. The first-order valence-electron chi connectivity index (χ1n) is 6.75. The lowest BCUT2D eigenvalue weighted by molar-refractivity contribution is 0.0904. The average molecular weight is 309 g/mol. The molecule has 0 bridgehead atoms. The summed E-state index contributed by atoms with van der Waals surface area (Å²) in [5, 5.41) is 0. The Kier molecular flexibility index (Phi) is 5.55. The van der Waals surface area contributed by atoms with E-state index in [1.54, 1.807) is 12.3 Å². The maximum Gasteiger partial charge on any atom is 0.237 e. The van der Waals surface area contributed by atoms with E-state index in [9.17, 15) is 8.42 Å². The second-order valence-electron chi connectivity index (χ2n) is 4.80. The molecule has 0 aliphatic rings. The fourth-order valence-electron chi connectivity index (χ4n) is 1.91. The molecule has 1 aromatic heterocycles. The van der Waals surface area contributed by atoms with Crippen LogP contribution in [0.1, 0.15) is 23.3 Å². The van der Waals surface area contributed by atoms with E-state index in [1.807, 2.05) is 37.3 Å². The van der Waals surface area contributed by atoms with E-state index in [1.165, 1.54) is 0 Å². The minimum absolute atomic E-state index is 0.0855. The molecule has 2 aromatic rings. The molecule has 2 rings (SSSR count). The minimum atomic E-state index is -3.49. The van der Waals surface area contributed by atoms with Crippen molar-refractivity contribution >= 4 is 10.0 Å². The lowest BCUT2D eigenvalue weighted by Gasteiger charge is -2.08. The molecular weight excluding hydrogens is 290 g/mol. The van der Waals surface area contributed by atoms with Gasteiger partial charge in [-0.05, 0) is 36.6 Å². The highest BCUT2D eigenvalue weighted by atomic mass is 32.2. The Morgan fingerprint density at radius 1 is 1.19 bits per heavy atom. The van der Waals surface area contributed by atoms with E-state index in [0.717, 1.165) is 16.9 Å². The van der Waals surface area contributed by atoms with E-state index in [2.05, 4.69) is 4.89 Å². The van der Waals surface area contributed by atoms with E-state index in [4.69, 9.17) is 9.25 Å².